The van der Waals surface area contributed by atoms with Gasteiger partial charge in [-0.3, -0.25) is 29.7 Å². The van der Waals surface area contributed by atoms with E-state index in [1.807, 2.05) is 176 Å². The lowest BCUT2D eigenvalue weighted by Crippen LogP contribution is -2.37. The molecular formula is C95H122N18O10Si2. The summed E-state index contributed by atoms with van der Waals surface area (Å²) in [6.45, 7) is 41.5. The van der Waals surface area contributed by atoms with Gasteiger partial charge >= 0.3 is 12.2 Å². The highest BCUT2D eigenvalue weighted by molar-refractivity contribution is 6.76. The highest BCUT2D eigenvalue weighted by atomic mass is 28.3. The first kappa shape index (κ1) is 90.0. The number of H-pyrrole nitrogens is 1. The van der Waals surface area contributed by atoms with Crippen molar-refractivity contribution in [2.75, 3.05) is 91.8 Å². The Balaban J connectivity index is 0.000000151. The molecular weight excluding hydrogens is 1610 g/mol. The average Bonchev–Trinajstić information content (AvgIpc) is 1.54. The van der Waals surface area contributed by atoms with Crippen LogP contribution in [0.4, 0.5) is 9.59 Å². The number of rotatable bonds is 24. The number of nitrogens with zero attached hydrogens (tertiary/aromatic N) is 15. The quantitative estimate of drug-likeness (QED) is 0.0288. The van der Waals surface area contributed by atoms with Gasteiger partial charge in [0, 0.05) is 198 Å². The Bertz CT molecular complexity index is 5570. The Labute approximate surface area is 736 Å². The van der Waals surface area contributed by atoms with Gasteiger partial charge in [0.25, 0.3) is 0 Å². The molecule has 0 radical (unpaired) electrons. The lowest BCUT2D eigenvalue weighted by molar-refractivity contribution is 0.0267. The van der Waals surface area contributed by atoms with Gasteiger partial charge in [0.2, 0.25) is 17.6 Å². The van der Waals surface area contributed by atoms with Crippen molar-refractivity contribution < 1.29 is 49.0 Å². The molecule has 6 aliphatic rings. The Kier molecular flexibility index (Phi) is 28.8. The largest absolute Gasteiger partial charge is 0.444 e. The molecule has 6 fully saturated rings. The van der Waals surface area contributed by atoms with E-state index >= 15 is 0 Å². The van der Waals surface area contributed by atoms with Crippen LogP contribution in [0.2, 0.25) is 51.4 Å². The van der Waals surface area contributed by atoms with E-state index in [4.69, 9.17) is 43.1 Å². The summed E-state index contributed by atoms with van der Waals surface area (Å²) in [5.41, 5.74) is 10.1. The molecule has 0 bridgehead atoms. The number of hydrogen-bond acceptors (Lipinski definition) is 23. The van der Waals surface area contributed by atoms with Crippen molar-refractivity contribution >= 4 is 67.3 Å². The first-order chi connectivity index (χ1) is 59.5. The number of likely N-dealkylation sites (tertiary alicyclic amines) is 4. The highest BCUT2D eigenvalue weighted by Gasteiger charge is 2.44. The number of benzene rings is 3. The Morgan fingerprint density at radius 3 is 1.23 bits per heavy atom. The molecule has 6 atom stereocenters. The number of carbonyl (C=O) groups is 3. The van der Waals surface area contributed by atoms with Crippen LogP contribution in [0.15, 0.2) is 183 Å². The number of fused-ring (bicyclic) bond motifs is 6. The minimum absolute atomic E-state index is 0. The number of hydrogen-bond donors (Lipinski definition) is 3. The molecule has 3 N–H and O–H groups in total. The van der Waals surface area contributed by atoms with Crippen molar-refractivity contribution in [3.05, 3.63) is 200 Å². The molecule has 3 aromatic carbocycles. The summed E-state index contributed by atoms with van der Waals surface area (Å²) in [7, 11) is -2.24. The van der Waals surface area contributed by atoms with Crippen molar-refractivity contribution in [3.8, 4) is 68.7 Å². The van der Waals surface area contributed by atoms with Crippen molar-refractivity contribution in [1.29, 1.82) is 0 Å². The third-order valence-electron chi connectivity index (χ3n) is 22.9. The summed E-state index contributed by atoms with van der Waals surface area (Å²) >= 11 is 0. The van der Waals surface area contributed by atoms with E-state index in [-0.39, 0.29) is 26.6 Å². The predicted octanol–water partition coefficient (Wildman–Crippen LogP) is 17.7. The van der Waals surface area contributed by atoms with Crippen LogP contribution < -0.4 is 24.8 Å². The second-order valence-electron chi connectivity index (χ2n) is 37.6. The Morgan fingerprint density at radius 2 is 0.848 bits per heavy atom. The minimum atomic E-state index is -1.13. The van der Waals surface area contributed by atoms with Crippen LogP contribution in [0.3, 0.4) is 0 Å². The first-order valence-electron chi connectivity index (χ1n) is 43.1. The number of nitrogens with one attached hydrogen (secondary N) is 3. The van der Waals surface area contributed by atoms with Crippen molar-refractivity contribution in [2.45, 2.75) is 138 Å². The van der Waals surface area contributed by atoms with Gasteiger partial charge in [-0.1, -0.05) is 64.9 Å². The molecule has 6 aliphatic heterocycles. The second kappa shape index (κ2) is 40.0. The summed E-state index contributed by atoms with van der Waals surface area (Å²) < 4.78 is 44.3. The lowest BCUT2D eigenvalue weighted by Gasteiger charge is -2.26. The monoisotopic (exact) mass is 1730 g/mol. The molecule has 12 aromatic rings. The van der Waals surface area contributed by atoms with Crippen LogP contribution in [-0.2, 0) is 45.5 Å². The molecule has 9 aromatic heterocycles. The van der Waals surface area contributed by atoms with E-state index < -0.39 is 21.7 Å². The van der Waals surface area contributed by atoms with Gasteiger partial charge in [-0.15, -0.1) is 0 Å². The fourth-order valence-corrected chi connectivity index (χ4v) is 17.9. The van der Waals surface area contributed by atoms with Crippen LogP contribution in [0.25, 0.3) is 66.5 Å². The second-order valence-corrected chi connectivity index (χ2v) is 48.9. The zero-order valence-electron chi connectivity index (χ0n) is 73.3. The topological polar surface area (TPSA) is 294 Å². The first-order valence-corrected chi connectivity index (χ1v) is 50.6. The lowest BCUT2D eigenvalue weighted by atomic mass is 10.0. The zero-order chi connectivity index (χ0) is 86.7. The normalized spacial score (nSPS) is 18.7. The molecule has 2 amide bonds. The SMILES string of the molecule is C.CC(C)(C)OC(=O)N1CC2CN(Cc3ccc4cc(Oc5ccc(-c6ccnn6COCC[Si](C)(C)C)cn5)ccc4n3)CC2C1.CC(C)(C)OC(=O)N1CC2CNCC2C1.C[Si](C)(C)CCOCn1nccc1-c1ccc(Oc2ccc3nc(C=O)ccc3c2)nc1.[2HH].c1cc(-c2ccc(Oc3ccc4nc(CN5CC6CNCC6C5)ccc4c3)nc2)[nH]n1. The molecule has 0 spiro atoms. The van der Waals surface area contributed by atoms with Gasteiger partial charge in [-0.05, 0) is 211 Å². The van der Waals surface area contributed by atoms with Gasteiger partial charge in [0.1, 0.15) is 47.6 Å². The van der Waals surface area contributed by atoms with Gasteiger partial charge in [0.15, 0.2) is 6.29 Å². The third kappa shape index (κ3) is 24.9. The Morgan fingerprint density at radius 1 is 0.456 bits per heavy atom. The van der Waals surface area contributed by atoms with Gasteiger partial charge in [0.05, 0.1) is 45.0 Å². The number of carbonyl (C=O) groups excluding carboxylic acids is 3. The molecule has 660 valence electrons. The van der Waals surface area contributed by atoms with Gasteiger partial charge in [-0.25, -0.2) is 38.9 Å². The van der Waals surface area contributed by atoms with Crippen molar-refractivity contribution in [1.82, 2.24) is 89.9 Å². The number of aromatic amines is 1. The predicted molar refractivity (Wildman–Crippen MR) is 493 cm³/mol. The van der Waals surface area contributed by atoms with E-state index in [9.17, 15) is 14.4 Å². The number of ether oxygens (including phenoxy) is 7. The number of amides is 2. The van der Waals surface area contributed by atoms with Crippen LogP contribution >= 0.6 is 0 Å². The molecule has 0 aliphatic carbocycles. The summed E-state index contributed by atoms with van der Waals surface area (Å²) in [6.07, 6.45) is 11.0. The molecule has 15 heterocycles. The fraction of sp³-hybridized carbons (Fsp3) is 0.432. The summed E-state index contributed by atoms with van der Waals surface area (Å²) in [4.78, 5) is 71.4. The van der Waals surface area contributed by atoms with Crippen LogP contribution in [0, 0.1) is 35.5 Å². The van der Waals surface area contributed by atoms with Gasteiger partial charge in [-0.2, -0.15) is 15.3 Å². The van der Waals surface area contributed by atoms with Crippen LogP contribution in [0.1, 0.15) is 72.3 Å². The number of pyridine rings is 6. The van der Waals surface area contributed by atoms with Crippen LogP contribution in [-0.4, -0.2) is 217 Å². The molecule has 18 rings (SSSR count). The van der Waals surface area contributed by atoms with Crippen LogP contribution in [0.5, 0.6) is 34.9 Å². The molecule has 6 unspecified atom stereocenters. The Hall–Kier alpha value is -11.2. The van der Waals surface area contributed by atoms with E-state index in [2.05, 4.69) is 124 Å². The maximum absolute atomic E-state index is 12.5. The molecule has 30 heteroatoms. The zero-order valence-corrected chi connectivity index (χ0v) is 75.3. The molecule has 125 heavy (non-hydrogen) atoms. The summed E-state index contributed by atoms with van der Waals surface area (Å²) in [6, 6.07) is 49.0. The minimum Gasteiger partial charge on any atom is -0.444 e. The smallest absolute Gasteiger partial charge is 0.410 e. The van der Waals surface area contributed by atoms with E-state index in [0.717, 1.165) is 206 Å². The number of aldehydes is 1. The van der Waals surface area contributed by atoms with Crippen molar-refractivity contribution in [2.24, 2.45) is 35.5 Å². The van der Waals surface area contributed by atoms with E-state index in [0.29, 0.717) is 72.0 Å². The summed E-state index contributed by atoms with van der Waals surface area (Å²) in [5.74, 6) is 7.54. The summed E-state index contributed by atoms with van der Waals surface area (Å²) in [5, 5.41) is 25.5. The van der Waals surface area contributed by atoms with Gasteiger partial charge < -0.3 is 53.6 Å². The van der Waals surface area contributed by atoms with E-state index in [1.54, 1.807) is 43.2 Å². The molecule has 0 saturated carbocycles. The highest BCUT2D eigenvalue weighted by Crippen LogP contribution is 2.37. The average molecular weight is 1730 g/mol. The van der Waals surface area contributed by atoms with E-state index in [1.165, 1.54) is 13.1 Å². The number of aromatic nitrogens is 12. The van der Waals surface area contributed by atoms with Crippen molar-refractivity contribution in [3.63, 3.8) is 0 Å². The standard InChI is InChI=1S/C35H46N6O4Si.C24H24N6O.C24H26N4O3Si.C11H20N2O2.CH4.H2/c1-35(2,3)45-34(42)40-21-27-19-39(20-28(27)22-40)23-29-9-7-25-17-30(10-11-31(25)38-29)44-33-12-8-26(18-36-33)32-13-14-37-41(32)24-43-15-16-46(4,5)6;1-3-20(15-30-13-18-10-25-11-19(18)14-30)28-22-5-4-21(9-16(1)22)31-24-6-2-17(12-26-24)23-7-8-27-29-23;1-32(2,3)13-12-30-17-28-23(10-11-26-28)19-5-9-24(25-15-19)31-21-7-8-22-18(14-21)4-6-20(16-29)27-22;1-11(2,3)15-10(14)13-6-8-4-12-5-9(8)7-13;;/h7-14,17-18,27-28H,15-16,19-24H2,1-6H3;1-9,12,18-19,25H,10-11,13-15H2,(H,27,29);4-11,14-16H,12-13,17H2,1-3H3;8-9,12H,4-7H2,1-3H3;1H4;1H/i;;;;;1+1. The molecule has 28 nitrogen and oxygen atoms in total. The molecule has 6 saturated heterocycles. The maximum atomic E-state index is 12.5. The third-order valence-corrected chi connectivity index (χ3v) is 26.3. The maximum Gasteiger partial charge on any atom is 0.410 e. The fourth-order valence-electron chi connectivity index (χ4n) is 16.4.